The molecule has 164 valence electrons. The molecule has 0 unspecified atom stereocenters. The van der Waals surface area contributed by atoms with Crippen LogP contribution in [-0.2, 0) is 27.9 Å². The summed E-state index contributed by atoms with van der Waals surface area (Å²) in [6.45, 7) is -0.393. The summed E-state index contributed by atoms with van der Waals surface area (Å²) in [5, 5.41) is 3.52. The zero-order chi connectivity index (χ0) is 22.3. The molecule has 8 nitrogen and oxygen atoms in total. The Morgan fingerprint density at radius 2 is 1.67 bits per heavy atom. The largest absolute Gasteiger partial charge is 0.573 e. The summed E-state index contributed by atoms with van der Waals surface area (Å²) in [6, 6.07) is 3.63. The Bertz CT molecular complexity index is 1110. The highest BCUT2D eigenvalue weighted by molar-refractivity contribution is 7.87. The number of fused-ring (bicyclic) bond motifs is 1. The highest BCUT2D eigenvalue weighted by atomic mass is 32.2. The molecule has 15 heteroatoms. The van der Waals surface area contributed by atoms with E-state index in [2.05, 4.69) is 14.0 Å². The van der Waals surface area contributed by atoms with Crippen LogP contribution in [0.4, 0.5) is 26.3 Å². The first-order chi connectivity index (χ1) is 13.8. The molecule has 0 bridgehead atoms. The molecule has 1 aliphatic heterocycles. The standard InChI is InChI=1S/C15H10F6N2O6S/c16-14(17,18)28-9-3-1-8(2-4-9)23-13(24)10-5-6-27-7-11(10)12(22-23)29-30(25,26)15(19,20)21/h1-4H,5-7H2. The van der Waals surface area contributed by atoms with Gasteiger partial charge in [0.1, 0.15) is 5.75 Å². The molecule has 2 heterocycles. The van der Waals surface area contributed by atoms with Gasteiger partial charge in [-0.3, -0.25) is 4.79 Å². The van der Waals surface area contributed by atoms with Crippen LogP contribution in [0.5, 0.6) is 11.6 Å². The van der Waals surface area contributed by atoms with Gasteiger partial charge in [-0.2, -0.15) is 26.3 Å². The fourth-order valence-corrected chi connectivity index (χ4v) is 2.96. The van der Waals surface area contributed by atoms with Crippen molar-refractivity contribution in [1.82, 2.24) is 9.78 Å². The predicted octanol–water partition coefficient (Wildman–Crippen LogP) is 2.43. The van der Waals surface area contributed by atoms with E-state index in [1.54, 1.807) is 0 Å². The predicted molar refractivity (Wildman–Crippen MR) is 85.5 cm³/mol. The second kappa shape index (κ2) is 7.46. The number of alkyl halides is 6. The van der Waals surface area contributed by atoms with Gasteiger partial charge in [0.25, 0.3) is 11.4 Å². The van der Waals surface area contributed by atoms with E-state index in [9.17, 15) is 39.6 Å². The maximum atomic E-state index is 12.7. The first-order valence-corrected chi connectivity index (χ1v) is 9.29. The maximum absolute atomic E-state index is 12.7. The SMILES string of the molecule is O=c1c2c(c(OS(=O)(=O)C(F)(F)F)nn1-c1ccc(OC(F)(F)F)cc1)COCC2. The second-order valence-electron chi connectivity index (χ2n) is 5.81. The van der Waals surface area contributed by atoms with Crippen LogP contribution in [0.3, 0.4) is 0 Å². The lowest BCUT2D eigenvalue weighted by molar-refractivity contribution is -0.274. The quantitative estimate of drug-likeness (QED) is 0.393. The average molecular weight is 460 g/mol. The van der Waals surface area contributed by atoms with E-state index in [4.69, 9.17) is 4.74 Å². The molecular formula is C15H10F6N2O6S. The molecule has 0 N–H and O–H groups in total. The van der Waals surface area contributed by atoms with Crippen LogP contribution in [0, 0.1) is 0 Å². The van der Waals surface area contributed by atoms with Crippen molar-refractivity contribution in [3.63, 3.8) is 0 Å². The van der Waals surface area contributed by atoms with Crippen molar-refractivity contribution in [2.75, 3.05) is 6.61 Å². The molecule has 0 atom stereocenters. The number of hydrogen-bond donors (Lipinski definition) is 0. The summed E-state index contributed by atoms with van der Waals surface area (Å²) in [6.07, 6.45) is -5.04. The lowest BCUT2D eigenvalue weighted by atomic mass is 10.1. The second-order valence-corrected chi connectivity index (χ2v) is 7.34. The van der Waals surface area contributed by atoms with Crippen molar-refractivity contribution in [2.24, 2.45) is 0 Å². The van der Waals surface area contributed by atoms with Gasteiger partial charge in [-0.1, -0.05) is 0 Å². The molecule has 0 saturated heterocycles. The van der Waals surface area contributed by atoms with E-state index in [0.29, 0.717) is 4.68 Å². The van der Waals surface area contributed by atoms with Crippen LogP contribution in [0.2, 0.25) is 0 Å². The Morgan fingerprint density at radius 1 is 1.03 bits per heavy atom. The molecule has 0 saturated carbocycles. The van der Waals surface area contributed by atoms with Gasteiger partial charge in [0.2, 0.25) is 0 Å². The van der Waals surface area contributed by atoms with Gasteiger partial charge in [-0.05, 0) is 24.3 Å². The Kier molecular flexibility index (Phi) is 5.44. The van der Waals surface area contributed by atoms with Crippen molar-refractivity contribution in [2.45, 2.75) is 24.9 Å². The van der Waals surface area contributed by atoms with Gasteiger partial charge in [0.15, 0.2) is 0 Å². The molecule has 1 aromatic carbocycles. The van der Waals surface area contributed by atoms with Crippen LogP contribution in [0.15, 0.2) is 29.1 Å². The summed E-state index contributed by atoms with van der Waals surface area (Å²) < 4.78 is 111. The van der Waals surface area contributed by atoms with Crippen LogP contribution < -0.4 is 14.5 Å². The number of rotatable bonds is 4. The number of halogens is 6. The molecule has 30 heavy (non-hydrogen) atoms. The fourth-order valence-electron chi connectivity index (χ4n) is 2.52. The molecule has 0 amide bonds. The van der Waals surface area contributed by atoms with E-state index < -0.39 is 45.8 Å². The van der Waals surface area contributed by atoms with Gasteiger partial charge >= 0.3 is 22.0 Å². The Balaban J connectivity index is 2.09. The van der Waals surface area contributed by atoms with Gasteiger partial charge in [0, 0.05) is 12.0 Å². The Hall–Kier alpha value is -2.81. The normalized spacial score (nSPS) is 14.9. The smallest absolute Gasteiger partial charge is 0.406 e. The Morgan fingerprint density at radius 3 is 2.23 bits per heavy atom. The lowest BCUT2D eigenvalue weighted by Gasteiger charge is -2.20. The Labute approximate surface area is 163 Å². The minimum atomic E-state index is -6.10. The van der Waals surface area contributed by atoms with E-state index in [1.807, 2.05) is 0 Å². The molecule has 0 radical (unpaired) electrons. The maximum Gasteiger partial charge on any atom is 0.573 e. The summed E-state index contributed by atoms with van der Waals surface area (Å²) in [5.41, 5.74) is -7.12. The average Bonchev–Trinajstić information content (AvgIpc) is 2.62. The third kappa shape index (κ3) is 4.51. The first kappa shape index (κ1) is 21.9. The lowest BCUT2D eigenvalue weighted by Crippen LogP contribution is -2.34. The van der Waals surface area contributed by atoms with E-state index in [1.165, 1.54) is 0 Å². The van der Waals surface area contributed by atoms with E-state index in [0.717, 1.165) is 24.3 Å². The first-order valence-electron chi connectivity index (χ1n) is 7.88. The molecular weight excluding hydrogens is 450 g/mol. The van der Waals surface area contributed by atoms with Crippen LogP contribution in [0.25, 0.3) is 5.69 Å². The van der Waals surface area contributed by atoms with Crippen molar-refractivity contribution in [3.8, 4) is 17.3 Å². The number of benzene rings is 1. The molecule has 0 fully saturated rings. The minimum absolute atomic E-state index is 0.0239. The molecule has 1 aliphatic rings. The topological polar surface area (TPSA) is 96.7 Å². The van der Waals surface area contributed by atoms with Crippen molar-refractivity contribution in [3.05, 3.63) is 45.7 Å². The van der Waals surface area contributed by atoms with Crippen LogP contribution in [-0.4, -0.2) is 36.7 Å². The number of nitrogens with zero attached hydrogens (tertiary/aromatic N) is 2. The van der Waals surface area contributed by atoms with Gasteiger partial charge < -0.3 is 13.7 Å². The molecule has 2 aromatic rings. The minimum Gasteiger partial charge on any atom is -0.406 e. The summed E-state index contributed by atoms with van der Waals surface area (Å²) in [5.74, 6) is -1.65. The van der Waals surface area contributed by atoms with Crippen molar-refractivity contribution in [1.29, 1.82) is 0 Å². The molecule has 3 rings (SSSR count). The highest BCUT2D eigenvalue weighted by Crippen LogP contribution is 2.30. The summed E-state index contributed by atoms with van der Waals surface area (Å²) in [4.78, 5) is 12.6. The third-order valence-corrected chi connectivity index (χ3v) is 4.74. The van der Waals surface area contributed by atoms with Crippen molar-refractivity contribution >= 4 is 10.1 Å². The van der Waals surface area contributed by atoms with Crippen LogP contribution >= 0.6 is 0 Å². The fraction of sp³-hybridized carbons (Fsp3) is 0.333. The van der Waals surface area contributed by atoms with Crippen LogP contribution in [0.1, 0.15) is 11.1 Å². The van der Waals surface area contributed by atoms with Gasteiger partial charge in [0.05, 0.1) is 24.5 Å². The molecule has 0 aliphatic carbocycles. The third-order valence-electron chi connectivity index (χ3n) is 3.79. The van der Waals surface area contributed by atoms with Crippen molar-refractivity contribution < 1.29 is 48.4 Å². The zero-order valence-corrected chi connectivity index (χ0v) is 15.3. The summed E-state index contributed by atoms with van der Waals surface area (Å²) >= 11 is 0. The number of hydrogen-bond acceptors (Lipinski definition) is 7. The summed E-state index contributed by atoms with van der Waals surface area (Å²) in [7, 11) is -6.10. The van der Waals surface area contributed by atoms with E-state index >= 15 is 0 Å². The monoisotopic (exact) mass is 460 g/mol. The molecule has 0 spiro atoms. The molecule has 1 aromatic heterocycles. The van der Waals surface area contributed by atoms with Gasteiger partial charge in [-0.15, -0.1) is 18.3 Å². The van der Waals surface area contributed by atoms with Gasteiger partial charge in [-0.25, -0.2) is 0 Å². The number of ether oxygens (including phenoxy) is 2. The highest BCUT2D eigenvalue weighted by Gasteiger charge is 2.49. The van der Waals surface area contributed by atoms with E-state index in [-0.39, 0.29) is 29.8 Å². The number of aromatic nitrogens is 2. The zero-order valence-electron chi connectivity index (χ0n) is 14.5.